The van der Waals surface area contributed by atoms with Gasteiger partial charge in [-0.2, -0.15) is 0 Å². The van der Waals surface area contributed by atoms with Crippen molar-refractivity contribution in [2.75, 3.05) is 45.7 Å². The smallest absolute Gasteiger partial charge is 0.120 e. The lowest BCUT2D eigenvalue weighted by atomic mass is 10.1. The first-order valence-corrected chi connectivity index (χ1v) is 6.89. The summed E-state index contributed by atoms with van der Waals surface area (Å²) in [4.78, 5) is 4.58. The number of nitrogens with zero attached hydrogens (tertiary/aromatic N) is 2. The molecule has 0 aliphatic carbocycles. The largest absolute Gasteiger partial charge is 0.497 e. The van der Waals surface area contributed by atoms with Gasteiger partial charge < -0.3 is 20.3 Å². The summed E-state index contributed by atoms with van der Waals surface area (Å²) in [6.45, 7) is 5.85. The fourth-order valence-electron chi connectivity index (χ4n) is 2.16. The number of nitrogens with two attached hydrogens (primary N) is 1. The van der Waals surface area contributed by atoms with Gasteiger partial charge in [-0.05, 0) is 45.6 Å². The maximum absolute atomic E-state index is 5.84. The minimum Gasteiger partial charge on any atom is -0.497 e. The van der Waals surface area contributed by atoms with E-state index < -0.39 is 0 Å². The number of hydrogen-bond acceptors (Lipinski definition) is 4. The Labute approximate surface area is 117 Å². The third-order valence-corrected chi connectivity index (χ3v) is 3.27. The lowest BCUT2D eigenvalue weighted by molar-refractivity contribution is 0.400. The van der Waals surface area contributed by atoms with Gasteiger partial charge in [-0.1, -0.05) is 6.07 Å². The van der Waals surface area contributed by atoms with E-state index in [4.69, 9.17) is 10.5 Å². The monoisotopic (exact) mass is 265 g/mol. The van der Waals surface area contributed by atoms with Crippen molar-refractivity contribution in [1.29, 1.82) is 0 Å². The van der Waals surface area contributed by atoms with Crippen molar-refractivity contribution in [1.82, 2.24) is 4.90 Å². The number of hydrogen-bond donors (Lipinski definition) is 1. The normalized spacial score (nSPS) is 10.8. The first-order chi connectivity index (χ1) is 9.12. The van der Waals surface area contributed by atoms with Crippen LogP contribution in [0.2, 0.25) is 0 Å². The molecule has 0 amide bonds. The van der Waals surface area contributed by atoms with Gasteiger partial charge in [0.05, 0.1) is 7.11 Å². The molecule has 19 heavy (non-hydrogen) atoms. The molecule has 0 bridgehead atoms. The third kappa shape index (κ3) is 4.73. The summed E-state index contributed by atoms with van der Waals surface area (Å²) in [5.74, 6) is 0.887. The standard InChI is InChI=1S/C15H27N3O/c1-5-18(10-6-9-17(2)3)15-11-14(19-4)8-7-13(15)12-16/h7-8,11H,5-6,9-10,12,16H2,1-4H3. The highest BCUT2D eigenvalue weighted by Crippen LogP contribution is 2.26. The summed E-state index contributed by atoms with van der Waals surface area (Å²) in [7, 11) is 5.91. The van der Waals surface area contributed by atoms with Gasteiger partial charge in [-0.25, -0.2) is 0 Å². The maximum atomic E-state index is 5.84. The Bertz CT molecular complexity index is 380. The first-order valence-electron chi connectivity index (χ1n) is 6.89. The summed E-state index contributed by atoms with van der Waals surface area (Å²) < 4.78 is 5.32. The minimum atomic E-state index is 0.559. The minimum absolute atomic E-state index is 0.559. The lowest BCUT2D eigenvalue weighted by Crippen LogP contribution is -2.28. The van der Waals surface area contributed by atoms with Crippen LogP contribution in [0.1, 0.15) is 18.9 Å². The lowest BCUT2D eigenvalue weighted by Gasteiger charge is -2.26. The van der Waals surface area contributed by atoms with Crippen LogP contribution in [0.5, 0.6) is 5.75 Å². The molecule has 0 heterocycles. The summed E-state index contributed by atoms with van der Waals surface area (Å²) in [5, 5.41) is 0. The van der Waals surface area contributed by atoms with Crippen LogP contribution in [-0.4, -0.2) is 45.7 Å². The quantitative estimate of drug-likeness (QED) is 0.780. The Morgan fingerprint density at radius 2 is 1.95 bits per heavy atom. The van der Waals surface area contributed by atoms with E-state index in [1.807, 2.05) is 6.07 Å². The van der Waals surface area contributed by atoms with Gasteiger partial charge in [0.15, 0.2) is 0 Å². The van der Waals surface area contributed by atoms with Crippen molar-refractivity contribution in [3.05, 3.63) is 23.8 Å². The van der Waals surface area contributed by atoms with E-state index in [2.05, 4.69) is 43.0 Å². The molecule has 4 nitrogen and oxygen atoms in total. The fourth-order valence-corrected chi connectivity index (χ4v) is 2.16. The van der Waals surface area contributed by atoms with Gasteiger partial charge in [0.25, 0.3) is 0 Å². The Hall–Kier alpha value is -1.26. The molecule has 0 fully saturated rings. The van der Waals surface area contributed by atoms with Crippen LogP contribution >= 0.6 is 0 Å². The van der Waals surface area contributed by atoms with E-state index in [0.717, 1.165) is 31.8 Å². The van der Waals surface area contributed by atoms with E-state index >= 15 is 0 Å². The molecule has 0 aliphatic rings. The molecular weight excluding hydrogens is 238 g/mol. The van der Waals surface area contributed by atoms with Gasteiger partial charge >= 0.3 is 0 Å². The van der Waals surface area contributed by atoms with Crippen LogP contribution in [0.15, 0.2) is 18.2 Å². The Morgan fingerprint density at radius 3 is 2.47 bits per heavy atom. The fraction of sp³-hybridized carbons (Fsp3) is 0.600. The predicted molar refractivity (Wildman–Crippen MR) is 81.9 cm³/mol. The molecule has 2 N–H and O–H groups in total. The van der Waals surface area contributed by atoms with E-state index in [9.17, 15) is 0 Å². The van der Waals surface area contributed by atoms with E-state index in [1.165, 1.54) is 11.3 Å². The SMILES string of the molecule is CCN(CCCN(C)C)c1cc(OC)ccc1CN. The van der Waals surface area contributed by atoms with Gasteiger partial charge in [0.1, 0.15) is 5.75 Å². The molecular formula is C15H27N3O. The summed E-state index contributed by atoms with van der Waals surface area (Å²) in [6, 6.07) is 6.11. The van der Waals surface area contributed by atoms with E-state index in [1.54, 1.807) is 7.11 Å². The average molecular weight is 265 g/mol. The second kappa shape index (κ2) is 8.02. The topological polar surface area (TPSA) is 41.7 Å². The molecule has 0 spiro atoms. The molecule has 1 aromatic carbocycles. The second-order valence-corrected chi connectivity index (χ2v) is 4.94. The highest BCUT2D eigenvalue weighted by atomic mass is 16.5. The zero-order chi connectivity index (χ0) is 14.3. The number of methoxy groups -OCH3 is 1. The zero-order valence-corrected chi connectivity index (χ0v) is 12.6. The molecule has 0 saturated carbocycles. The molecule has 108 valence electrons. The number of anilines is 1. The second-order valence-electron chi connectivity index (χ2n) is 4.94. The molecule has 0 saturated heterocycles. The van der Waals surface area contributed by atoms with Crippen LogP contribution < -0.4 is 15.4 Å². The van der Waals surface area contributed by atoms with Crippen LogP contribution in [0.4, 0.5) is 5.69 Å². The Morgan fingerprint density at radius 1 is 1.21 bits per heavy atom. The first kappa shape index (κ1) is 15.8. The molecule has 0 aliphatic heterocycles. The van der Waals surface area contributed by atoms with Crippen molar-refractivity contribution in [2.24, 2.45) is 5.73 Å². The summed E-state index contributed by atoms with van der Waals surface area (Å²) >= 11 is 0. The van der Waals surface area contributed by atoms with Gasteiger partial charge in [0, 0.05) is 31.4 Å². The van der Waals surface area contributed by atoms with Gasteiger partial charge in [0.2, 0.25) is 0 Å². The van der Waals surface area contributed by atoms with Gasteiger partial charge in [-0.15, -0.1) is 0 Å². The van der Waals surface area contributed by atoms with Crippen molar-refractivity contribution in [2.45, 2.75) is 19.9 Å². The zero-order valence-electron chi connectivity index (χ0n) is 12.6. The Kier molecular flexibility index (Phi) is 6.67. The number of rotatable bonds is 8. The molecule has 0 atom stereocenters. The van der Waals surface area contributed by atoms with Gasteiger partial charge in [-0.3, -0.25) is 0 Å². The van der Waals surface area contributed by atoms with Crippen LogP contribution in [0.25, 0.3) is 0 Å². The van der Waals surface area contributed by atoms with E-state index in [-0.39, 0.29) is 0 Å². The van der Waals surface area contributed by atoms with Crippen LogP contribution in [0.3, 0.4) is 0 Å². The van der Waals surface area contributed by atoms with Crippen LogP contribution in [0, 0.1) is 0 Å². The van der Waals surface area contributed by atoms with Crippen molar-refractivity contribution in [3.63, 3.8) is 0 Å². The molecule has 0 aromatic heterocycles. The molecule has 1 aromatic rings. The number of ether oxygens (including phenoxy) is 1. The maximum Gasteiger partial charge on any atom is 0.120 e. The van der Waals surface area contributed by atoms with Crippen molar-refractivity contribution < 1.29 is 4.74 Å². The Balaban J connectivity index is 2.83. The number of benzene rings is 1. The highest BCUT2D eigenvalue weighted by molar-refractivity contribution is 5.57. The molecule has 4 heteroatoms. The summed E-state index contributed by atoms with van der Waals surface area (Å²) in [5.41, 5.74) is 8.21. The van der Waals surface area contributed by atoms with E-state index in [0.29, 0.717) is 6.54 Å². The molecule has 0 unspecified atom stereocenters. The predicted octanol–water partition coefficient (Wildman–Crippen LogP) is 1.93. The van der Waals surface area contributed by atoms with Crippen molar-refractivity contribution >= 4 is 5.69 Å². The average Bonchev–Trinajstić information content (AvgIpc) is 2.42. The third-order valence-electron chi connectivity index (χ3n) is 3.27. The highest BCUT2D eigenvalue weighted by Gasteiger charge is 2.10. The molecule has 0 radical (unpaired) electrons. The van der Waals surface area contributed by atoms with Crippen molar-refractivity contribution in [3.8, 4) is 5.75 Å². The molecule has 1 rings (SSSR count). The summed E-state index contributed by atoms with van der Waals surface area (Å²) in [6.07, 6.45) is 1.14. The van der Waals surface area contributed by atoms with Crippen LogP contribution in [-0.2, 0) is 6.54 Å².